The predicted octanol–water partition coefficient (Wildman–Crippen LogP) is 3.64. The maximum absolute atomic E-state index is 13.5. The summed E-state index contributed by atoms with van der Waals surface area (Å²) < 4.78 is 38.8. The van der Waals surface area contributed by atoms with E-state index in [1.54, 1.807) is 48.7 Å². The van der Waals surface area contributed by atoms with Crippen LogP contribution in [-0.4, -0.2) is 30.3 Å². The fourth-order valence-electron chi connectivity index (χ4n) is 3.52. The van der Waals surface area contributed by atoms with Crippen LogP contribution in [0.1, 0.15) is 24.6 Å². The van der Waals surface area contributed by atoms with Crippen molar-refractivity contribution in [1.29, 1.82) is 0 Å². The third-order valence-corrected chi connectivity index (χ3v) is 6.46. The molecule has 0 aliphatic heterocycles. The molecule has 3 aromatic rings. The summed E-state index contributed by atoms with van der Waals surface area (Å²) >= 11 is 0. The highest BCUT2D eigenvalue weighted by atomic mass is 32.2. The Morgan fingerprint density at radius 3 is 2.17 bits per heavy atom. The van der Waals surface area contributed by atoms with Gasteiger partial charge < -0.3 is 15.4 Å². The fourth-order valence-corrected chi connectivity index (χ4v) is 4.15. The molecule has 0 amide bonds. The van der Waals surface area contributed by atoms with Crippen LogP contribution >= 0.6 is 0 Å². The van der Waals surface area contributed by atoms with Crippen LogP contribution in [0.15, 0.2) is 59.5 Å². The molecule has 6 nitrogen and oxygen atoms in total. The first-order valence-corrected chi connectivity index (χ1v) is 11.2. The monoisotopic (exact) mass is 430 g/mol. The minimum atomic E-state index is -3.36. The van der Waals surface area contributed by atoms with Gasteiger partial charge in [-0.2, -0.15) is 0 Å². The first-order chi connectivity index (χ1) is 14.0. The molecule has 3 rings (SSSR count). The van der Waals surface area contributed by atoms with E-state index < -0.39 is 27.2 Å². The number of rotatable bonds is 6. The van der Waals surface area contributed by atoms with E-state index in [9.17, 15) is 22.7 Å². The Balaban J connectivity index is 2.29. The van der Waals surface area contributed by atoms with Crippen LogP contribution in [0.3, 0.4) is 0 Å². The second-order valence-corrected chi connectivity index (χ2v) is 9.28. The summed E-state index contributed by atoms with van der Waals surface area (Å²) in [5.74, 6) is -1.54. The molecular weight excluding hydrogens is 407 g/mol. The van der Waals surface area contributed by atoms with Crippen molar-refractivity contribution in [3.8, 4) is 16.9 Å². The van der Waals surface area contributed by atoms with Crippen LogP contribution in [0, 0.1) is 12.7 Å². The molecule has 0 unspecified atom stereocenters. The molecule has 30 heavy (non-hydrogen) atoms. The highest BCUT2D eigenvalue weighted by Gasteiger charge is 2.38. The molecule has 0 fully saturated rings. The molecule has 1 heterocycles. The summed E-state index contributed by atoms with van der Waals surface area (Å²) in [6.45, 7) is 3.46. The largest absolute Gasteiger partial charge is 0.480 e. The summed E-state index contributed by atoms with van der Waals surface area (Å²) in [7, 11) is -3.36. The lowest BCUT2D eigenvalue weighted by molar-refractivity contribution is -0.143. The van der Waals surface area contributed by atoms with Gasteiger partial charge in [-0.05, 0) is 61.4 Å². The van der Waals surface area contributed by atoms with Crippen LogP contribution in [0.25, 0.3) is 16.9 Å². The lowest BCUT2D eigenvalue weighted by Crippen LogP contribution is -2.44. The molecule has 0 saturated carbocycles. The average Bonchev–Trinajstić information content (AvgIpc) is 3.05. The van der Waals surface area contributed by atoms with Gasteiger partial charge in [0.15, 0.2) is 9.84 Å². The van der Waals surface area contributed by atoms with E-state index in [0.717, 1.165) is 6.26 Å². The molecule has 3 N–H and O–H groups in total. The Morgan fingerprint density at radius 1 is 1.13 bits per heavy atom. The molecule has 1 aromatic heterocycles. The van der Waals surface area contributed by atoms with Gasteiger partial charge in [-0.3, -0.25) is 0 Å². The predicted molar refractivity (Wildman–Crippen MR) is 113 cm³/mol. The number of nitrogens with zero attached hydrogens (tertiary/aromatic N) is 1. The third-order valence-electron chi connectivity index (χ3n) is 5.33. The zero-order valence-corrected chi connectivity index (χ0v) is 17.7. The maximum atomic E-state index is 13.5. The molecule has 1 atom stereocenters. The summed E-state index contributed by atoms with van der Waals surface area (Å²) in [6.07, 6.45) is 1.30. The number of benzene rings is 2. The van der Waals surface area contributed by atoms with E-state index in [1.165, 1.54) is 24.3 Å². The van der Waals surface area contributed by atoms with Crippen molar-refractivity contribution in [2.45, 2.75) is 30.7 Å². The van der Waals surface area contributed by atoms with Crippen molar-refractivity contribution in [3.63, 3.8) is 0 Å². The normalized spacial score (nSPS) is 13.8. The van der Waals surface area contributed by atoms with Crippen LogP contribution in [0.4, 0.5) is 4.39 Å². The molecule has 0 saturated heterocycles. The standard InChI is InChI=1S/C22H23FN2O4S/c1-4-22(24,21(26)27)19-13-20(15-5-11-18(12-6-15)30(3,28)29)25(14(19)2)17-9-7-16(23)8-10-17/h5-13H,4,24H2,1-3H3,(H,26,27)/t22-/m1/s1. The van der Waals surface area contributed by atoms with Gasteiger partial charge in [0.1, 0.15) is 11.4 Å². The Kier molecular flexibility index (Phi) is 5.58. The number of carboxylic acids is 1. The van der Waals surface area contributed by atoms with E-state index in [2.05, 4.69) is 0 Å². The Labute approximate surface area is 174 Å². The number of hydrogen-bond acceptors (Lipinski definition) is 4. The molecular formula is C22H23FN2O4S. The van der Waals surface area contributed by atoms with Crippen LogP contribution in [0.5, 0.6) is 0 Å². The van der Waals surface area contributed by atoms with Gasteiger partial charge in [-0.15, -0.1) is 0 Å². The SMILES string of the molecule is CC[C@](N)(C(=O)O)c1cc(-c2ccc(S(C)(=O)=O)cc2)n(-c2ccc(F)cc2)c1C. The van der Waals surface area contributed by atoms with E-state index >= 15 is 0 Å². The quantitative estimate of drug-likeness (QED) is 0.622. The zero-order chi connectivity index (χ0) is 22.3. The lowest BCUT2D eigenvalue weighted by Gasteiger charge is -2.23. The highest BCUT2D eigenvalue weighted by molar-refractivity contribution is 7.90. The number of carboxylic acid groups (broad SMARTS) is 1. The van der Waals surface area contributed by atoms with E-state index in [4.69, 9.17) is 5.73 Å². The Bertz CT molecular complexity index is 1200. The Hall–Kier alpha value is -2.97. The minimum absolute atomic E-state index is 0.170. The molecule has 0 spiro atoms. The summed E-state index contributed by atoms with van der Waals surface area (Å²) in [5, 5.41) is 9.76. The molecule has 158 valence electrons. The highest BCUT2D eigenvalue weighted by Crippen LogP contribution is 2.35. The van der Waals surface area contributed by atoms with Gasteiger partial charge >= 0.3 is 5.97 Å². The van der Waals surface area contributed by atoms with Gasteiger partial charge in [-0.1, -0.05) is 19.1 Å². The van der Waals surface area contributed by atoms with Gasteiger partial charge in [-0.25, -0.2) is 17.6 Å². The van der Waals surface area contributed by atoms with E-state index in [1.807, 2.05) is 0 Å². The Morgan fingerprint density at radius 2 is 1.70 bits per heavy atom. The summed E-state index contributed by atoms with van der Waals surface area (Å²) in [6, 6.07) is 13.8. The first-order valence-electron chi connectivity index (χ1n) is 9.30. The van der Waals surface area contributed by atoms with Crippen LogP contribution in [-0.2, 0) is 20.2 Å². The number of aliphatic carboxylic acids is 1. The number of hydrogen-bond donors (Lipinski definition) is 2. The summed E-state index contributed by atoms with van der Waals surface area (Å²) in [5.41, 5.74) is 7.62. The van der Waals surface area contributed by atoms with Crippen molar-refractivity contribution in [1.82, 2.24) is 4.57 Å². The molecule has 0 radical (unpaired) electrons. The second kappa shape index (κ2) is 7.70. The fraction of sp³-hybridized carbons (Fsp3) is 0.227. The van der Waals surface area contributed by atoms with Crippen LogP contribution in [0.2, 0.25) is 0 Å². The van der Waals surface area contributed by atoms with Crippen LogP contribution < -0.4 is 5.73 Å². The molecule has 8 heteroatoms. The second-order valence-electron chi connectivity index (χ2n) is 7.27. The molecule has 0 aliphatic carbocycles. The minimum Gasteiger partial charge on any atom is -0.480 e. The van der Waals surface area contributed by atoms with Gasteiger partial charge in [0.05, 0.1) is 10.6 Å². The van der Waals surface area contributed by atoms with Crippen molar-refractivity contribution in [3.05, 3.63) is 71.7 Å². The lowest BCUT2D eigenvalue weighted by atomic mass is 9.88. The molecule has 2 aromatic carbocycles. The average molecular weight is 431 g/mol. The van der Waals surface area contributed by atoms with Crippen molar-refractivity contribution in [2.24, 2.45) is 5.73 Å². The molecule has 0 aliphatic rings. The van der Waals surface area contributed by atoms with Gasteiger partial charge in [0.25, 0.3) is 0 Å². The number of carbonyl (C=O) groups is 1. The van der Waals surface area contributed by atoms with Gasteiger partial charge in [0, 0.05) is 23.2 Å². The smallest absolute Gasteiger partial charge is 0.328 e. The third kappa shape index (κ3) is 3.76. The van der Waals surface area contributed by atoms with E-state index in [-0.39, 0.29) is 11.3 Å². The van der Waals surface area contributed by atoms with Gasteiger partial charge in [0.2, 0.25) is 0 Å². The number of sulfone groups is 1. The number of halogens is 1. The first kappa shape index (κ1) is 21.7. The van der Waals surface area contributed by atoms with Crippen molar-refractivity contribution in [2.75, 3.05) is 6.26 Å². The number of nitrogens with two attached hydrogens (primary N) is 1. The van der Waals surface area contributed by atoms with E-state index in [0.29, 0.717) is 28.2 Å². The topological polar surface area (TPSA) is 102 Å². The van der Waals surface area contributed by atoms with Crippen molar-refractivity contribution >= 4 is 15.8 Å². The summed E-state index contributed by atoms with van der Waals surface area (Å²) in [4.78, 5) is 12.1. The van der Waals surface area contributed by atoms with Crippen molar-refractivity contribution < 1.29 is 22.7 Å². The number of aromatic nitrogens is 1. The molecule has 0 bridgehead atoms. The maximum Gasteiger partial charge on any atom is 0.328 e. The zero-order valence-electron chi connectivity index (χ0n) is 16.9.